The minimum Gasteiger partial charge on any atom is -0.386 e. The molecule has 1 aliphatic rings. The Labute approximate surface area is 97.2 Å². The summed E-state index contributed by atoms with van der Waals surface area (Å²) < 4.78 is 4.64. The summed E-state index contributed by atoms with van der Waals surface area (Å²) in [5, 5.41) is 0.682. The molecule has 0 aliphatic carbocycles. The zero-order chi connectivity index (χ0) is 12.2. The Morgan fingerprint density at radius 2 is 1.76 bits per heavy atom. The summed E-state index contributed by atoms with van der Waals surface area (Å²) in [4.78, 5) is 27.5. The van der Waals surface area contributed by atoms with Crippen molar-refractivity contribution in [3.05, 3.63) is 40.6 Å². The number of cyclic esters (lactones) is 2. The van der Waals surface area contributed by atoms with Gasteiger partial charge in [0.25, 0.3) is 0 Å². The Kier molecular flexibility index (Phi) is 1.84. The molecule has 3 rings (SSSR count). The molecule has 1 aromatic heterocycles. The fourth-order valence-corrected chi connectivity index (χ4v) is 2.15. The van der Waals surface area contributed by atoms with Gasteiger partial charge in [-0.1, -0.05) is 11.6 Å². The molecule has 1 aromatic carbocycles. The van der Waals surface area contributed by atoms with Gasteiger partial charge in [-0.05, 0) is 26.0 Å². The van der Waals surface area contributed by atoms with Crippen LogP contribution in [0.3, 0.4) is 0 Å². The van der Waals surface area contributed by atoms with Crippen LogP contribution < -0.4 is 0 Å². The third-order valence-corrected chi connectivity index (χ3v) is 2.91. The predicted octanol–water partition coefficient (Wildman–Crippen LogP) is 2.16. The first-order valence-electron chi connectivity index (χ1n) is 5.25. The first-order chi connectivity index (χ1) is 8.08. The maximum absolute atomic E-state index is 11.7. The van der Waals surface area contributed by atoms with E-state index in [2.05, 4.69) is 9.72 Å². The monoisotopic (exact) mass is 227 g/mol. The van der Waals surface area contributed by atoms with Gasteiger partial charge in [-0.3, -0.25) is 4.98 Å². The smallest absolute Gasteiger partial charge is 0.348 e. The predicted molar refractivity (Wildman–Crippen MR) is 61.0 cm³/mol. The number of rotatable bonds is 0. The minimum absolute atomic E-state index is 0.299. The summed E-state index contributed by atoms with van der Waals surface area (Å²) >= 11 is 0. The fraction of sp³-hybridized carbons (Fsp3) is 0.154. The largest absolute Gasteiger partial charge is 0.386 e. The third kappa shape index (κ3) is 1.27. The summed E-state index contributed by atoms with van der Waals surface area (Å²) in [6.45, 7) is 3.63. The topological polar surface area (TPSA) is 56.3 Å². The Morgan fingerprint density at radius 1 is 1.06 bits per heavy atom. The van der Waals surface area contributed by atoms with Gasteiger partial charge >= 0.3 is 11.9 Å². The number of ether oxygens (including phenoxy) is 1. The molecule has 0 spiro atoms. The van der Waals surface area contributed by atoms with E-state index in [9.17, 15) is 9.59 Å². The highest BCUT2D eigenvalue weighted by atomic mass is 16.6. The van der Waals surface area contributed by atoms with E-state index in [0.29, 0.717) is 27.7 Å². The van der Waals surface area contributed by atoms with E-state index in [1.54, 1.807) is 6.92 Å². The molecule has 4 heteroatoms. The van der Waals surface area contributed by atoms with E-state index < -0.39 is 11.9 Å². The summed E-state index contributed by atoms with van der Waals surface area (Å²) in [6.07, 6.45) is 0. The number of fused-ring (bicyclic) bond motifs is 3. The lowest BCUT2D eigenvalue weighted by molar-refractivity contribution is 0.0444. The van der Waals surface area contributed by atoms with Gasteiger partial charge in [0.05, 0.1) is 22.3 Å². The minimum atomic E-state index is -0.599. The van der Waals surface area contributed by atoms with Gasteiger partial charge in [0.15, 0.2) is 0 Å². The van der Waals surface area contributed by atoms with E-state index in [0.717, 1.165) is 5.56 Å². The lowest BCUT2D eigenvalue weighted by Crippen LogP contribution is -2.00. The van der Waals surface area contributed by atoms with E-state index in [4.69, 9.17) is 0 Å². The highest BCUT2D eigenvalue weighted by Crippen LogP contribution is 2.29. The maximum atomic E-state index is 11.7. The van der Waals surface area contributed by atoms with Gasteiger partial charge in [0.2, 0.25) is 0 Å². The van der Waals surface area contributed by atoms with Crippen LogP contribution in [0.5, 0.6) is 0 Å². The molecule has 0 unspecified atom stereocenters. The second kappa shape index (κ2) is 3.13. The van der Waals surface area contributed by atoms with Crippen LogP contribution in [-0.2, 0) is 4.74 Å². The van der Waals surface area contributed by atoms with E-state index in [-0.39, 0.29) is 0 Å². The van der Waals surface area contributed by atoms with Crippen molar-refractivity contribution in [1.82, 2.24) is 4.98 Å². The second-order valence-electron chi connectivity index (χ2n) is 4.14. The van der Waals surface area contributed by atoms with Crippen LogP contribution in [0.4, 0.5) is 0 Å². The average Bonchev–Trinajstić information content (AvgIpc) is 2.56. The maximum Gasteiger partial charge on any atom is 0.348 e. The number of hydrogen-bond donors (Lipinski definition) is 0. The zero-order valence-electron chi connectivity index (χ0n) is 9.40. The van der Waals surface area contributed by atoms with Crippen LogP contribution in [0, 0.1) is 13.8 Å². The van der Waals surface area contributed by atoms with Crippen molar-refractivity contribution in [2.24, 2.45) is 0 Å². The number of benzene rings is 1. The Balaban J connectivity index is 2.53. The number of aromatic nitrogens is 1. The van der Waals surface area contributed by atoms with Crippen molar-refractivity contribution >= 4 is 22.8 Å². The number of carbonyl (C=O) groups excluding carboxylic acids is 2. The van der Waals surface area contributed by atoms with Gasteiger partial charge in [0.1, 0.15) is 0 Å². The summed E-state index contributed by atoms with van der Waals surface area (Å²) in [5.41, 5.74) is 2.90. The number of carbonyl (C=O) groups is 2. The van der Waals surface area contributed by atoms with Crippen molar-refractivity contribution < 1.29 is 14.3 Å². The molecule has 0 N–H and O–H groups in total. The molecule has 2 heterocycles. The lowest BCUT2D eigenvalue weighted by Gasteiger charge is -2.04. The van der Waals surface area contributed by atoms with Crippen LogP contribution in [0.2, 0.25) is 0 Å². The standard InChI is InChI=1S/C13H9NO3/c1-6-3-4-9-8(5-6)11-10(7(2)14-9)12(15)17-13(11)16/h3-5H,1-2H3. The molecule has 0 atom stereocenters. The number of esters is 2. The molecule has 2 aromatic rings. The average molecular weight is 227 g/mol. The number of nitrogens with zero attached hydrogens (tertiary/aromatic N) is 1. The number of hydrogen-bond acceptors (Lipinski definition) is 4. The Morgan fingerprint density at radius 3 is 2.53 bits per heavy atom. The Hall–Kier alpha value is -2.23. The quantitative estimate of drug-likeness (QED) is 0.511. The van der Waals surface area contributed by atoms with Gasteiger partial charge in [-0.2, -0.15) is 0 Å². The molecule has 4 nitrogen and oxygen atoms in total. The normalized spacial score (nSPS) is 14.0. The van der Waals surface area contributed by atoms with Gasteiger partial charge in [-0.15, -0.1) is 0 Å². The van der Waals surface area contributed by atoms with E-state index in [1.807, 2.05) is 25.1 Å². The first-order valence-corrected chi connectivity index (χ1v) is 5.25. The van der Waals surface area contributed by atoms with Crippen molar-refractivity contribution in [2.45, 2.75) is 13.8 Å². The molecule has 84 valence electrons. The lowest BCUT2D eigenvalue weighted by atomic mass is 10.0. The van der Waals surface area contributed by atoms with Gasteiger partial charge < -0.3 is 4.74 Å². The molecule has 1 aliphatic heterocycles. The van der Waals surface area contributed by atoms with Crippen LogP contribution in [-0.4, -0.2) is 16.9 Å². The molecule has 17 heavy (non-hydrogen) atoms. The molecule has 0 radical (unpaired) electrons. The second-order valence-corrected chi connectivity index (χ2v) is 4.14. The SMILES string of the molecule is Cc1ccc2nc(C)c3c(c2c1)C(=O)OC3=O. The fourth-order valence-electron chi connectivity index (χ4n) is 2.15. The third-order valence-electron chi connectivity index (χ3n) is 2.91. The Bertz CT molecular complexity index is 689. The van der Waals surface area contributed by atoms with Crippen molar-refractivity contribution in [3.63, 3.8) is 0 Å². The molecular formula is C13H9NO3. The summed E-state index contributed by atoms with van der Waals surface area (Å²) in [5.74, 6) is -1.18. The molecule has 0 saturated heterocycles. The molecular weight excluding hydrogens is 218 g/mol. The van der Waals surface area contributed by atoms with Crippen LogP contribution in [0.25, 0.3) is 10.9 Å². The van der Waals surface area contributed by atoms with Crippen molar-refractivity contribution in [3.8, 4) is 0 Å². The summed E-state index contributed by atoms with van der Waals surface area (Å²) in [6, 6.07) is 5.61. The van der Waals surface area contributed by atoms with Gasteiger partial charge in [0, 0.05) is 5.39 Å². The summed E-state index contributed by atoms with van der Waals surface area (Å²) in [7, 11) is 0. The van der Waals surface area contributed by atoms with E-state index >= 15 is 0 Å². The first kappa shape index (κ1) is 9.96. The van der Waals surface area contributed by atoms with Crippen molar-refractivity contribution in [2.75, 3.05) is 0 Å². The zero-order valence-corrected chi connectivity index (χ0v) is 9.40. The number of aryl methyl sites for hydroxylation is 2. The van der Waals surface area contributed by atoms with E-state index in [1.165, 1.54) is 0 Å². The van der Waals surface area contributed by atoms with Gasteiger partial charge in [-0.25, -0.2) is 9.59 Å². The van der Waals surface area contributed by atoms with Crippen molar-refractivity contribution in [1.29, 1.82) is 0 Å². The molecule has 0 fully saturated rings. The highest BCUT2D eigenvalue weighted by molar-refractivity contribution is 6.21. The highest BCUT2D eigenvalue weighted by Gasteiger charge is 2.34. The van der Waals surface area contributed by atoms with Crippen LogP contribution >= 0.6 is 0 Å². The molecule has 0 saturated carbocycles. The molecule has 0 bridgehead atoms. The van der Waals surface area contributed by atoms with Crippen LogP contribution in [0.15, 0.2) is 18.2 Å². The van der Waals surface area contributed by atoms with Crippen LogP contribution in [0.1, 0.15) is 32.0 Å². The molecule has 0 amide bonds. The number of pyridine rings is 1.